The van der Waals surface area contributed by atoms with Gasteiger partial charge in [-0.3, -0.25) is 4.79 Å². The van der Waals surface area contributed by atoms with E-state index in [1.165, 1.54) is 25.7 Å². The molecule has 1 aliphatic rings. The highest BCUT2D eigenvalue weighted by molar-refractivity contribution is 5.78. The molecule has 0 heterocycles. The molecule has 0 aliphatic heterocycles. The van der Waals surface area contributed by atoms with E-state index in [2.05, 4.69) is 0 Å². The Morgan fingerprint density at radius 2 is 1.93 bits per heavy atom. The molecular formula is C11H18N2O. The standard InChI is InChI=1S/C11H18N2O/c1-13(11(14)8-9-12)10-6-4-2-3-5-7-10/h10H,2-8H2,1H3. The van der Waals surface area contributed by atoms with Crippen LogP contribution in [-0.2, 0) is 4.79 Å². The van der Waals surface area contributed by atoms with E-state index in [0.29, 0.717) is 6.04 Å². The molecule has 0 aromatic heterocycles. The van der Waals surface area contributed by atoms with Crippen molar-refractivity contribution in [1.29, 1.82) is 5.26 Å². The van der Waals surface area contributed by atoms with Gasteiger partial charge >= 0.3 is 0 Å². The number of rotatable bonds is 2. The summed E-state index contributed by atoms with van der Waals surface area (Å²) in [5.41, 5.74) is 0. The molecule has 0 unspecified atom stereocenters. The topological polar surface area (TPSA) is 44.1 Å². The van der Waals surface area contributed by atoms with E-state index in [-0.39, 0.29) is 12.3 Å². The molecule has 0 radical (unpaired) electrons. The number of carbonyl (C=O) groups is 1. The summed E-state index contributed by atoms with van der Waals surface area (Å²) >= 11 is 0. The summed E-state index contributed by atoms with van der Waals surface area (Å²) < 4.78 is 0. The van der Waals surface area contributed by atoms with Gasteiger partial charge in [0, 0.05) is 13.1 Å². The van der Waals surface area contributed by atoms with E-state index >= 15 is 0 Å². The fourth-order valence-electron chi connectivity index (χ4n) is 2.04. The lowest BCUT2D eigenvalue weighted by Crippen LogP contribution is -2.36. The molecule has 0 saturated heterocycles. The molecule has 1 aliphatic carbocycles. The third-order valence-electron chi connectivity index (χ3n) is 3.00. The van der Waals surface area contributed by atoms with Crippen molar-refractivity contribution in [2.45, 2.75) is 51.0 Å². The van der Waals surface area contributed by atoms with Gasteiger partial charge in [-0.1, -0.05) is 25.7 Å². The number of nitriles is 1. The first-order chi connectivity index (χ1) is 6.75. The van der Waals surface area contributed by atoms with Crippen LogP contribution in [0.25, 0.3) is 0 Å². The van der Waals surface area contributed by atoms with Crippen LogP contribution in [0.4, 0.5) is 0 Å². The van der Waals surface area contributed by atoms with Crippen LogP contribution < -0.4 is 0 Å². The van der Waals surface area contributed by atoms with Gasteiger partial charge in [0.25, 0.3) is 0 Å². The van der Waals surface area contributed by atoms with Crippen LogP contribution in [-0.4, -0.2) is 23.9 Å². The lowest BCUT2D eigenvalue weighted by molar-refractivity contribution is -0.131. The van der Waals surface area contributed by atoms with Crippen molar-refractivity contribution >= 4 is 5.91 Å². The Morgan fingerprint density at radius 1 is 1.36 bits per heavy atom. The first-order valence-corrected chi connectivity index (χ1v) is 5.38. The van der Waals surface area contributed by atoms with Crippen LogP contribution in [0.5, 0.6) is 0 Å². The van der Waals surface area contributed by atoms with Crippen molar-refractivity contribution in [3.8, 4) is 6.07 Å². The van der Waals surface area contributed by atoms with E-state index < -0.39 is 0 Å². The average molecular weight is 194 g/mol. The Bertz CT molecular complexity index is 224. The second-order valence-electron chi connectivity index (χ2n) is 3.98. The van der Waals surface area contributed by atoms with E-state index in [1.807, 2.05) is 13.1 Å². The third kappa shape index (κ3) is 3.02. The minimum atomic E-state index is -0.0283. The molecule has 3 nitrogen and oxygen atoms in total. The molecule has 0 spiro atoms. The first-order valence-electron chi connectivity index (χ1n) is 5.38. The highest BCUT2D eigenvalue weighted by Gasteiger charge is 2.20. The van der Waals surface area contributed by atoms with Gasteiger partial charge in [-0.25, -0.2) is 0 Å². The molecule has 0 aromatic rings. The van der Waals surface area contributed by atoms with Crippen LogP contribution in [0.3, 0.4) is 0 Å². The normalized spacial score (nSPS) is 18.3. The van der Waals surface area contributed by atoms with Crippen LogP contribution in [0.15, 0.2) is 0 Å². The molecule has 14 heavy (non-hydrogen) atoms. The SMILES string of the molecule is CN(C(=O)CC#N)C1CCCCCC1. The minimum Gasteiger partial charge on any atom is -0.342 e. The van der Waals surface area contributed by atoms with Crippen molar-refractivity contribution in [1.82, 2.24) is 4.90 Å². The van der Waals surface area contributed by atoms with Gasteiger partial charge in [0.2, 0.25) is 5.91 Å². The Morgan fingerprint density at radius 3 is 2.43 bits per heavy atom. The summed E-state index contributed by atoms with van der Waals surface area (Å²) in [6.07, 6.45) is 7.24. The van der Waals surface area contributed by atoms with Crippen LogP contribution in [0.2, 0.25) is 0 Å². The second-order valence-corrected chi connectivity index (χ2v) is 3.98. The maximum atomic E-state index is 11.5. The number of carbonyl (C=O) groups excluding carboxylic acids is 1. The van der Waals surface area contributed by atoms with Gasteiger partial charge < -0.3 is 4.90 Å². The van der Waals surface area contributed by atoms with Gasteiger partial charge in [-0.05, 0) is 12.8 Å². The van der Waals surface area contributed by atoms with E-state index in [9.17, 15) is 4.79 Å². The number of hydrogen-bond donors (Lipinski definition) is 0. The third-order valence-corrected chi connectivity index (χ3v) is 3.00. The maximum Gasteiger partial charge on any atom is 0.236 e. The van der Waals surface area contributed by atoms with Gasteiger partial charge in [-0.2, -0.15) is 5.26 Å². The first kappa shape index (κ1) is 11.0. The maximum absolute atomic E-state index is 11.5. The van der Waals surface area contributed by atoms with Crippen molar-refractivity contribution in [3.05, 3.63) is 0 Å². The number of hydrogen-bond acceptors (Lipinski definition) is 2. The predicted octanol–water partition coefficient (Wildman–Crippen LogP) is 2.08. The summed E-state index contributed by atoms with van der Waals surface area (Å²) in [5.74, 6) is -0.0283. The number of nitrogens with zero attached hydrogens (tertiary/aromatic N) is 2. The molecular weight excluding hydrogens is 176 g/mol. The van der Waals surface area contributed by atoms with Crippen molar-refractivity contribution < 1.29 is 4.79 Å². The summed E-state index contributed by atoms with van der Waals surface area (Å²) in [5, 5.41) is 8.44. The zero-order chi connectivity index (χ0) is 10.4. The van der Waals surface area contributed by atoms with E-state index in [4.69, 9.17) is 5.26 Å². The number of amides is 1. The molecule has 0 bridgehead atoms. The quantitative estimate of drug-likeness (QED) is 0.632. The summed E-state index contributed by atoms with van der Waals surface area (Å²) in [6.45, 7) is 0. The fourth-order valence-corrected chi connectivity index (χ4v) is 2.04. The van der Waals surface area contributed by atoms with Gasteiger partial charge in [0.05, 0.1) is 6.07 Å². The van der Waals surface area contributed by atoms with Crippen molar-refractivity contribution in [3.63, 3.8) is 0 Å². The highest BCUT2D eigenvalue weighted by atomic mass is 16.2. The second kappa shape index (κ2) is 5.64. The molecule has 1 amide bonds. The highest BCUT2D eigenvalue weighted by Crippen LogP contribution is 2.21. The Kier molecular flexibility index (Phi) is 4.45. The van der Waals surface area contributed by atoms with Crippen molar-refractivity contribution in [2.75, 3.05) is 7.05 Å². The molecule has 1 rings (SSSR count). The summed E-state index contributed by atoms with van der Waals surface area (Å²) in [7, 11) is 1.83. The van der Waals surface area contributed by atoms with Gasteiger partial charge in [0.1, 0.15) is 6.42 Å². The molecule has 1 fully saturated rings. The Balaban J connectivity index is 2.45. The molecule has 1 saturated carbocycles. The Hall–Kier alpha value is -1.04. The van der Waals surface area contributed by atoms with Crippen LogP contribution in [0.1, 0.15) is 44.9 Å². The summed E-state index contributed by atoms with van der Waals surface area (Å²) in [4.78, 5) is 13.2. The van der Waals surface area contributed by atoms with E-state index in [1.54, 1.807) is 4.90 Å². The molecule has 0 N–H and O–H groups in total. The lowest BCUT2D eigenvalue weighted by Gasteiger charge is -2.26. The molecule has 78 valence electrons. The predicted molar refractivity (Wildman–Crippen MR) is 54.5 cm³/mol. The van der Waals surface area contributed by atoms with Crippen molar-refractivity contribution in [2.24, 2.45) is 0 Å². The van der Waals surface area contributed by atoms with E-state index in [0.717, 1.165) is 12.8 Å². The smallest absolute Gasteiger partial charge is 0.236 e. The molecule has 0 aromatic carbocycles. The zero-order valence-corrected chi connectivity index (χ0v) is 8.83. The van der Waals surface area contributed by atoms with Crippen LogP contribution >= 0.6 is 0 Å². The Labute approximate surface area is 85.7 Å². The minimum absolute atomic E-state index is 0.0208. The summed E-state index contributed by atoms with van der Waals surface area (Å²) in [6, 6.07) is 2.29. The van der Waals surface area contributed by atoms with Gasteiger partial charge in [-0.15, -0.1) is 0 Å². The fraction of sp³-hybridized carbons (Fsp3) is 0.818. The zero-order valence-electron chi connectivity index (χ0n) is 8.83. The molecule has 3 heteroatoms. The monoisotopic (exact) mass is 194 g/mol. The largest absolute Gasteiger partial charge is 0.342 e. The van der Waals surface area contributed by atoms with Crippen LogP contribution in [0, 0.1) is 11.3 Å². The molecule has 0 atom stereocenters. The lowest BCUT2D eigenvalue weighted by atomic mass is 10.1. The average Bonchev–Trinajstić information content (AvgIpc) is 2.45. The van der Waals surface area contributed by atoms with Gasteiger partial charge in [0.15, 0.2) is 0 Å².